The molecule has 2 amide bonds. The Bertz CT molecular complexity index is 471. The van der Waals surface area contributed by atoms with Crippen molar-refractivity contribution in [2.24, 2.45) is 0 Å². The number of carbonyl (C=O) groups is 2. The highest BCUT2D eigenvalue weighted by Gasteiger charge is 2.07. The molecular formula is C17H28N2O4. The molecule has 0 fully saturated rings. The van der Waals surface area contributed by atoms with E-state index in [1.165, 1.54) is 0 Å². The van der Waals surface area contributed by atoms with Crippen molar-refractivity contribution in [1.29, 1.82) is 0 Å². The van der Waals surface area contributed by atoms with E-state index in [1.807, 2.05) is 19.1 Å². The van der Waals surface area contributed by atoms with Gasteiger partial charge in [0, 0.05) is 32.6 Å². The first-order valence-corrected chi connectivity index (χ1v) is 8.28. The molecule has 23 heavy (non-hydrogen) atoms. The molecule has 0 radical (unpaired) electrons. The number of nitrogens with one attached hydrogen (secondary N) is 2. The van der Waals surface area contributed by atoms with E-state index in [1.54, 1.807) is 0 Å². The lowest BCUT2D eigenvalue weighted by Gasteiger charge is -2.06. The Morgan fingerprint density at radius 1 is 1.09 bits per heavy atom. The Morgan fingerprint density at radius 3 is 2.43 bits per heavy atom. The lowest BCUT2D eigenvalue weighted by molar-refractivity contribution is -0.126. The molecule has 0 spiro atoms. The lowest BCUT2D eigenvalue weighted by atomic mass is 10.2. The number of furan rings is 1. The first kappa shape index (κ1) is 19.2. The highest BCUT2D eigenvalue weighted by molar-refractivity contribution is 5.83. The normalized spacial score (nSPS) is 10.5. The van der Waals surface area contributed by atoms with Gasteiger partial charge in [-0.1, -0.05) is 13.3 Å². The smallest absolute Gasteiger partial charge is 0.220 e. The van der Waals surface area contributed by atoms with Crippen LogP contribution in [-0.2, 0) is 20.9 Å². The Labute approximate surface area is 138 Å². The van der Waals surface area contributed by atoms with Crippen molar-refractivity contribution in [2.75, 3.05) is 19.8 Å². The van der Waals surface area contributed by atoms with Crippen LogP contribution in [0.25, 0.3) is 0 Å². The van der Waals surface area contributed by atoms with Crippen molar-refractivity contribution >= 4 is 11.8 Å². The number of unbranched alkanes of at least 4 members (excludes halogenated alkanes) is 1. The van der Waals surface area contributed by atoms with E-state index >= 15 is 0 Å². The molecule has 1 aromatic rings. The van der Waals surface area contributed by atoms with Crippen molar-refractivity contribution in [3.05, 3.63) is 23.7 Å². The van der Waals surface area contributed by atoms with Crippen LogP contribution < -0.4 is 10.6 Å². The second kappa shape index (κ2) is 11.7. The molecular weight excluding hydrogens is 296 g/mol. The molecule has 0 aromatic carbocycles. The van der Waals surface area contributed by atoms with Crippen molar-refractivity contribution in [2.45, 2.75) is 52.5 Å². The number of rotatable bonds is 12. The number of aryl methyl sites for hydroxylation is 1. The maximum atomic E-state index is 11.7. The molecule has 2 N–H and O–H groups in total. The maximum Gasteiger partial charge on any atom is 0.220 e. The van der Waals surface area contributed by atoms with Crippen LogP contribution in [0.2, 0.25) is 0 Å². The van der Waals surface area contributed by atoms with E-state index in [2.05, 4.69) is 17.6 Å². The van der Waals surface area contributed by atoms with Gasteiger partial charge in [-0.2, -0.15) is 0 Å². The van der Waals surface area contributed by atoms with Crippen molar-refractivity contribution < 1.29 is 18.7 Å². The van der Waals surface area contributed by atoms with Crippen LogP contribution in [0, 0.1) is 6.92 Å². The zero-order valence-corrected chi connectivity index (χ0v) is 14.2. The van der Waals surface area contributed by atoms with Crippen LogP contribution in [0.15, 0.2) is 16.5 Å². The standard InChI is InChI=1S/C17H28N2O4/c1-3-4-11-22-12-5-10-18-16(20)8-9-17(21)19-13-15-7-6-14(2)23-15/h6-7H,3-5,8-13H2,1-2H3,(H,18,20)(H,19,21). The molecule has 0 bridgehead atoms. The van der Waals surface area contributed by atoms with Crippen LogP contribution in [0.5, 0.6) is 0 Å². The van der Waals surface area contributed by atoms with Gasteiger partial charge in [-0.3, -0.25) is 9.59 Å². The molecule has 0 aliphatic rings. The Kier molecular flexibility index (Phi) is 9.79. The van der Waals surface area contributed by atoms with Gasteiger partial charge in [0.25, 0.3) is 0 Å². The Hall–Kier alpha value is -1.82. The van der Waals surface area contributed by atoms with Crippen LogP contribution in [0.4, 0.5) is 0 Å². The lowest BCUT2D eigenvalue weighted by Crippen LogP contribution is -2.28. The summed E-state index contributed by atoms with van der Waals surface area (Å²) in [7, 11) is 0. The highest BCUT2D eigenvalue weighted by atomic mass is 16.5. The predicted molar refractivity (Wildman–Crippen MR) is 87.9 cm³/mol. The Morgan fingerprint density at radius 2 is 1.78 bits per heavy atom. The molecule has 1 aromatic heterocycles. The summed E-state index contributed by atoms with van der Waals surface area (Å²) in [4.78, 5) is 23.3. The Balaban J connectivity index is 1.98. The summed E-state index contributed by atoms with van der Waals surface area (Å²) in [5.41, 5.74) is 0. The largest absolute Gasteiger partial charge is 0.465 e. The van der Waals surface area contributed by atoms with Gasteiger partial charge in [0.05, 0.1) is 6.54 Å². The van der Waals surface area contributed by atoms with E-state index in [4.69, 9.17) is 9.15 Å². The quantitative estimate of drug-likeness (QED) is 0.578. The third-order valence-corrected chi connectivity index (χ3v) is 3.26. The summed E-state index contributed by atoms with van der Waals surface area (Å²) in [5, 5.41) is 5.52. The second-order valence-electron chi connectivity index (χ2n) is 5.46. The van der Waals surface area contributed by atoms with E-state index in [0.29, 0.717) is 25.5 Å². The van der Waals surface area contributed by atoms with Crippen molar-refractivity contribution in [3.63, 3.8) is 0 Å². The molecule has 130 valence electrons. The highest BCUT2D eigenvalue weighted by Crippen LogP contribution is 2.05. The molecule has 1 heterocycles. The van der Waals surface area contributed by atoms with Gasteiger partial charge in [0.15, 0.2) is 0 Å². The number of amides is 2. The van der Waals surface area contributed by atoms with Gasteiger partial charge in [-0.15, -0.1) is 0 Å². The van der Waals surface area contributed by atoms with Gasteiger partial charge in [-0.25, -0.2) is 0 Å². The fourth-order valence-electron chi connectivity index (χ4n) is 1.92. The second-order valence-corrected chi connectivity index (χ2v) is 5.46. The fourth-order valence-corrected chi connectivity index (χ4v) is 1.92. The summed E-state index contributed by atoms with van der Waals surface area (Å²) in [6, 6.07) is 3.67. The molecule has 1 rings (SSSR count). The number of hydrogen-bond acceptors (Lipinski definition) is 4. The van der Waals surface area contributed by atoms with Gasteiger partial charge in [0.2, 0.25) is 11.8 Å². The van der Waals surface area contributed by atoms with E-state index < -0.39 is 0 Å². The molecule has 0 saturated carbocycles. The molecule has 6 heteroatoms. The zero-order valence-electron chi connectivity index (χ0n) is 14.2. The van der Waals surface area contributed by atoms with E-state index in [0.717, 1.165) is 31.6 Å². The van der Waals surface area contributed by atoms with Gasteiger partial charge >= 0.3 is 0 Å². The SMILES string of the molecule is CCCCOCCCNC(=O)CCC(=O)NCc1ccc(C)o1. The fraction of sp³-hybridized carbons (Fsp3) is 0.647. The van der Waals surface area contributed by atoms with Crippen LogP contribution in [-0.4, -0.2) is 31.6 Å². The molecule has 0 atom stereocenters. The first-order chi connectivity index (χ1) is 11.1. The minimum Gasteiger partial charge on any atom is -0.465 e. The van der Waals surface area contributed by atoms with Crippen molar-refractivity contribution in [1.82, 2.24) is 10.6 Å². The average Bonchev–Trinajstić information content (AvgIpc) is 2.95. The van der Waals surface area contributed by atoms with Gasteiger partial charge < -0.3 is 19.8 Å². The summed E-state index contributed by atoms with van der Waals surface area (Å²) < 4.78 is 10.8. The molecule has 0 aliphatic heterocycles. The number of ether oxygens (including phenoxy) is 1. The molecule has 0 saturated heterocycles. The van der Waals surface area contributed by atoms with Crippen molar-refractivity contribution in [3.8, 4) is 0 Å². The summed E-state index contributed by atoms with van der Waals surface area (Å²) in [5.74, 6) is 1.26. The molecule has 0 unspecified atom stereocenters. The third kappa shape index (κ3) is 9.73. The molecule has 0 aliphatic carbocycles. The predicted octanol–water partition coefficient (Wildman–Crippen LogP) is 2.31. The first-order valence-electron chi connectivity index (χ1n) is 8.28. The summed E-state index contributed by atoms with van der Waals surface area (Å²) in [6.45, 7) is 6.34. The number of hydrogen-bond donors (Lipinski definition) is 2. The topological polar surface area (TPSA) is 80.6 Å². The minimum atomic E-state index is -0.155. The minimum absolute atomic E-state index is 0.109. The average molecular weight is 324 g/mol. The van der Waals surface area contributed by atoms with Crippen LogP contribution in [0.3, 0.4) is 0 Å². The summed E-state index contributed by atoms with van der Waals surface area (Å²) in [6.07, 6.45) is 3.36. The van der Waals surface area contributed by atoms with Crippen LogP contribution >= 0.6 is 0 Å². The zero-order chi connectivity index (χ0) is 16.9. The summed E-state index contributed by atoms with van der Waals surface area (Å²) >= 11 is 0. The number of carbonyl (C=O) groups excluding carboxylic acids is 2. The van der Waals surface area contributed by atoms with Crippen LogP contribution in [0.1, 0.15) is 50.5 Å². The monoisotopic (exact) mass is 324 g/mol. The maximum absolute atomic E-state index is 11.7. The van der Waals surface area contributed by atoms with E-state index in [9.17, 15) is 9.59 Å². The third-order valence-electron chi connectivity index (χ3n) is 3.26. The van der Waals surface area contributed by atoms with Gasteiger partial charge in [0.1, 0.15) is 11.5 Å². The molecule has 6 nitrogen and oxygen atoms in total. The van der Waals surface area contributed by atoms with E-state index in [-0.39, 0.29) is 24.7 Å². The van der Waals surface area contributed by atoms with Gasteiger partial charge in [-0.05, 0) is 31.9 Å².